The molecule has 0 aromatic heterocycles. The van der Waals surface area contributed by atoms with Gasteiger partial charge in [0.15, 0.2) is 0 Å². The maximum absolute atomic E-state index is 11.1. The largest absolute Gasteiger partial charge is 0.385 e. The number of hydrogen-bond acceptors (Lipinski definition) is 4. The van der Waals surface area contributed by atoms with Crippen molar-refractivity contribution < 1.29 is 14.6 Å². The van der Waals surface area contributed by atoms with E-state index in [-0.39, 0.29) is 5.91 Å². The van der Waals surface area contributed by atoms with Gasteiger partial charge in [0.05, 0.1) is 0 Å². The molecule has 1 aliphatic heterocycles. The Bertz CT molecular complexity index is 203. The van der Waals surface area contributed by atoms with Crippen LogP contribution in [0.25, 0.3) is 0 Å². The minimum absolute atomic E-state index is 0.112. The summed E-state index contributed by atoms with van der Waals surface area (Å²) in [5.41, 5.74) is 0. The third-order valence-corrected chi connectivity index (χ3v) is 2.76. The molecule has 0 spiro atoms. The highest BCUT2D eigenvalue weighted by molar-refractivity contribution is 5.73. The maximum Gasteiger partial charge on any atom is 0.219 e. The summed E-state index contributed by atoms with van der Waals surface area (Å²) in [7, 11) is 1.63. The summed E-state index contributed by atoms with van der Waals surface area (Å²) in [5.74, 6) is 0.112. The molecule has 0 bridgehead atoms. The average Bonchev–Trinajstić information content (AvgIpc) is 2.26. The van der Waals surface area contributed by atoms with E-state index >= 15 is 0 Å². The molecule has 1 aliphatic rings. The first-order valence-corrected chi connectivity index (χ1v) is 5.31. The zero-order chi connectivity index (χ0) is 11.3. The molecule has 1 rings (SSSR count). The first-order valence-electron chi connectivity index (χ1n) is 5.31. The van der Waals surface area contributed by atoms with E-state index in [9.17, 15) is 9.90 Å². The zero-order valence-corrected chi connectivity index (χ0v) is 9.48. The number of ether oxygens (including phenoxy) is 1. The van der Waals surface area contributed by atoms with E-state index in [1.54, 1.807) is 18.9 Å². The fourth-order valence-corrected chi connectivity index (χ4v) is 1.74. The second kappa shape index (κ2) is 6.05. The van der Waals surface area contributed by atoms with Gasteiger partial charge in [0.25, 0.3) is 0 Å². The van der Waals surface area contributed by atoms with Crippen molar-refractivity contribution in [3.8, 4) is 0 Å². The Morgan fingerprint density at radius 3 is 2.47 bits per heavy atom. The first-order chi connectivity index (χ1) is 7.15. The SMILES string of the molecule is COCCC(O)N1CCN(C(C)=O)CC1. The molecule has 0 aromatic rings. The number of hydrogen-bond donors (Lipinski definition) is 1. The molecule has 1 unspecified atom stereocenters. The van der Waals surface area contributed by atoms with Crippen molar-refractivity contribution in [3.63, 3.8) is 0 Å². The van der Waals surface area contributed by atoms with Gasteiger partial charge in [-0.25, -0.2) is 0 Å². The number of aliphatic hydroxyl groups excluding tert-OH is 1. The summed E-state index contributed by atoms with van der Waals surface area (Å²) >= 11 is 0. The van der Waals surface area contributed by atoms with E-state index in [2.05, 4.69) is 0 Å². The van der Waals surface area contributed by atoms with Crippen LogP contribution in [0.15, 0.2) is 0 Å². The predicted octanol–water partition coefficient (Wildman–Crippen LogP) is -0.495. The van der Waals surface area contributed by atoms with Gasteiger partial charge in [-0.2, -0.15) is 0 Å². The third kappa shape index (κ3) is 3.77. The van der Waals surface area contributed by atoms with Gasteiger partial charge in [0.2, 0.25) is 5.91 Å². The Morgan fingerprint density at radius 1 is 1.40 bits per heavy atom. The van der Waals surface area contributed by atoms with Crippen LogP contribution < -0.4 is 0 Å². The van der Waals surface area contributed by atoms with Crippen LogP contribution in [0.3, 0.4) is 0 Å². The number of carbonyl (C=O) groups excluding carboxylic acids is 1. The van der Waals surface area contributed by atoms with Crippen LogP contribution in [0, 0.1) is 0 Å². The molecule has 1 fully saturated rings. The van der Waals surface area contributed by atoms with Crippen LogP contribution in [-0.2, 0) is 9.53 Å². The molecule has 15 heavy (non-hydrogen) atoms. The van der Waals surface area contributed by atoms with Gasteiger partial charge < -0.3 is 14.7 Å². The Hall–Kier alpha value is -0.650. The van der Waals surface area contributed by atoms with E-state index in [1.165, 1.54) is 0 Å². The van der Waals surface area contributed by atoms with E-state index < -0.39 is 6.23 Å². The van der Waals surface area contributed by atoms with Crippen LogP contribution in [0.4, 0.5) is 0 Å². The summed E-state index contributed by atoms with van der Waals surface area (Å²) in [6, 6.07) is 0. The van der Waals surface area contributed by atoms with Gasteiger partial charge >= 0.3 is 0 Å². The minimum atomic E-state index is -0.445. The number of rotatable bonds is 4. The molecule has 0 aliphatic carbocycles. The summed E-state index contributed by atoms with van der Waals surface area (Å²) in [6.45, 7) is 5.04. The quantitative estimate of drug-likeness (QED) is 0.688. The molecule has 0 aromatic carbocycles. The molecule has 1 saturated heterocycles. The molecule has 1 atom stereocenters. The van der Waals surface area contributed by atoms with E-state index in [0.29, 0.717) is 26.1 Å². The van der Waals surface area contributed by atoms with Gasteiger partial charge in [-0.1, -0.05) is 0 Å². The second-order valence-corrected chi connectivity index (χ2v) is 3.80. The fraction of sp³-hybridized carbons (Fsp3) is 0.900. The molecule has 1 N–H and O–H groups in total. The number of piperazine rings is 1. The van der Waals surface area contributed by atoms with Crippen molar-refractivity contribution in [2.24, 2.45) is 0 Å². The maximum atomic E-state index is 11.1. The second-order valence-electron chi connectivity index (χ2n) is 3.80. The topological polar surface area (TPSA) is 53.0 Å². The van der Waals surface area contributed by atoms with Crippen LogP contribution in [0.5, 0.6) is 0 Å². The number of methoxy groups -OCH3 is 1. The van der Waals surface area contributed by atoms with Gasteiger partial charge in [-0.05, 0) is 0 Å². The predicted molar refractivity (Wildman–Crippen MR) is 56.3 cm³/mol. The summed E-state index contributed by atoms with van der Waals surface area (Å²) in [4.78, 5) is 14.9. The van der Waals surface area contributed by atoms with Crippen molar-refractivity contribution in [2.45, 2.75) is 19.6 Å². The van der Waals surface area contributed by atoms with Crippen LogP contribution in [0.2, 0.25) is 0 Å². The highest BCUT2D eigenvalue weighted by Gasteiger charge is 2.22. The van der Waals surface area contributed by atoms with Gasteiger partial charge in [0.1, 0.15) is 6.23 Å². The lowest BCUT2D eigenvalue weighted by Gasteiger charge is -2.36. The average molecular weight is 216 g/mol. The van der Waals surface area contributed by atoms with Gasteiger partial charge in [0, 0.05) is 53.2 Å². The Morgan fingerprint density at radius 2 is 2.00 bits per heavy atom. The molecule has 5 nitrogen and oxygen atoms in total. The van der Waals surface area contributed by atoms with Crippen molar-refractivity contribution >= 4 is 5.91 Å². The van der Waals surface area contributed by atoms with E-state index in [4.69, 9.17) is 4.74 Å². The fourth-order valence-electron chi connectivity index (χ4n) is 1.74. The molecular formula is C10H20N2O3. The van der Waals surface area contributed by atoms with Crippen LogP contribution in [0.1, 0.15) is 13.3 Å². The number of nitrogens with zero attached hydrogens (tertiary/aromatic N) is 2. The summed E-state index contributed by atoms with van der Waals surface area (Å²) in [5, 5.41) is 9.77. The number of amides is 1. The summed E-state index contributed by atoms with van der Waals surface area (Å²) in [6.07, 6.45) is 0.176. The Balaban J connectivity index is 2.27. The van der Waals surface area contributed by atoms with Crippen molar-refractivity contribution in [3.05, 3.63) is 0 Å². The lowest BCUT2D eigenvalue weighted by Crippen LogP contribution is -2.51. The monoisotopic (exact) mass is 216 g/mol. The minimum Gasteiger partial charge on any atom is -0.385 e. The highest BCUT2D eigenvalue weighted by Crippen LogP contribution is 2.07. The Labute approximate surface area is 90.6 Å². The molecule has 0 radical (unpaired) electrons. The third-order valence-electron chi connectivity index (χ3n) is 2.76. The van der Waals surface area contributed by atoms with Gasteiger partial charge in [-0.3, -0.25) is 9.69 Å². The van der Waals surface area contributed by atoms with E-state index in [1.807, 2.05) is 4.90 Å². The standard InChI is InChI=1S/C10H20N2O3/c1-9(13)11-4-6-12(7-5-11)10(14)3-8-15-2/h10,14H,3-8H2,1-2H3. The Kier molecular flexibility index (Phi) is 5.01. The van der Waals surface area contributed by atoms with Gasteiger partial charge in [-0.15, -0.1) is 0 Å². The molecule has 1 heterocycles. The number of carbonyl (C=O) groups is 1. The zero-order valence-electron chi connectivity index (χ0n) is 9.48. The van der Waals surface area contributed by atoms with Crippen LogP contribution >= 0.6 is 0 Å². The molecule has 88 valence electrons. The van der Waals surface area contributed by atoms with Crippen molar-refractivity contribution in [1.82, 2.24) is 9.80 Å². The number of aliphatic hydroxyl groups is 1. The lowest BCUT2D eigenvalue weighted by molar-refractivity contribution is -0.132. The van der Waals surface area contributed by atoms with E-state index in [0.717, 1.165) is 13.1 Å². The first kappa shape index (κ1) is 12.4. The molecule has 1 amide bonds. The molecular weight excluding hydrogens is 196 g/mol. The summed E-state index contributed by atoms with van der Waals surface area (Å²) < 4.78 is 4.91. The molecule has 5 heteroatoms. The van der Waals surface area contributed by atoms with Crippen molar-refractivity contribution in [1.29, 1.82) is 0 Å². The smallest absolute Gasteiger partial charge is 0.219 e. The normalized spacial score (nSPS) is 20.3. The highest BCUT2D eigenvalue weighted by atomic mass is 16.5. The van der Waals surface area contributed by atoms with Crippen molar-refractivity contribution in [2.75, 3.05) is 39.9 Å². The molecule has 0 saturated carbocycles. The van der Waals surface area contributed by atoms with Crippen LogP contribution in [-0.4, -0.2) is 66.9 Å². The lowest BCUT2D eigenvalue weighted by atomic mass is 10.2.